The van der Waals surface area contributed by atoms with Gasteiger partial charge in [0.2, 0.25) is 0 Å². The topological polar surface area (TPSA) is 39.1 Å². The van der Waals surface area contributed by atoms with Crippen LogP contribution in [0.2, 0.25) is 0 Å². The van der Waals surface area contributed by atoms with Crippen molar-refractivity contribution < 1.29 is 4.74 Å². The van der Waals surface area contributed by atoms with Crippen LogP contribution in [0.5, 0.6) is 0 Å². The van der Waals surface area contributed by atoms with Crippen LogP contribution in [0.1, 0.15) is 46.1 Å². The summed E-state index contributed by atoms with van der Waals surface area (Å²) in [6.45, 7) is 11.3. The average Bonchev–Trinajstić information content (AvgIpc) is 2.88. The van der Waals surface area contributed by atoms with E-state index in [1.54, 1.807) is 0 Å². The van der Waals surface area contributed by atoms with Crippen LogP contribution in [0.15, 0.2) is 12.4 Å². The van der Waals surface area contributed by atoms with E-state index in [9.17, 15) is 0 Å². The first-order valence-corrected chi connectivity index (χ1v) is 7.61. The Hall–Kier alpha value is -0.870. The molecule has 4 heteroatoms. The lowest BCUT2D eigenvalue weighted by molar-refractivity contribution is 0.0319. The summed E-state index contributed by atoms with van der Waals surface area (Å²) in [7, 11) is 0. The summed E-state index contributed by atoms with van der Waals surface area (Å²) in [6, 6.07) is 0.374. The van der Waals surface area contributed by atoms with E-state index in [4.69, 9.17) is 4.74 Å². The third-order valence-corrected chi connectivity index (χ3v) is 3.35. The van der Waals surface area contributed by atoms with Crippen molar-refractivity contribution in [2.75, 3.05) is 13.2 Å². The summed E-state index contributed by atoms with van der Waals surface area (Å²) < 4.78 is 7.85. The van der Waals surface area contributed by atoms with Gasteiger partial charge in [0.15, 0.2) is 0 Å². The minimum Gasteiger partial charge on any atom is -0.377 e. The normalized spacial score (nSPS) is 14.5. The molecule has 0 aliphatic carbocycles. The monoisotopic (exact) mass is 267 g/mol. The van der Waals surface area contributed by atoms with Crippen molar-refractivity contribution in [3.05, 3.63) is 18.0 Å². The third kappa shape index (κ3) is 5.33. The molecule has 4 nitrogen and oxygen atoms in total. The van der Waals surface area contributed by atoms with E-state index in [0.29, 0.717) is 6.04 Å². The Balaban J connectivity index is 2.66. The molecule has 0 saturated heterocycles. The Labute approximate surface area is 117 Å². The van der Waals surface area contributed by atoms with Crippen molar-refractivity contribution >= 4 is 0 Å². The van der Waals surface area contributed by atoms with Crippen LogP contribution in [0.4, 0.5) is 0 Å². The van der Waals surface area contributed by atoms with Gasteiger partial charge in [-0.05, 0) is 45.2 Å². The Morgan fingerprint density at radius 3 is 2.63 bits per heavy atom. The lowest BCUT2D eigenvalue weighted by atomic mass is 10.0. The van der Waals surface area contributed by atoms with Crippen LogP contribution >= 0.6 is 0 Å². The third-order valence-electron chi connectivity index (χ3n) is 3.35. The van der Waals surface area contributed by atoms with Crippen LogP contribution < -0.4 is 5.32 Å². The first kappa shape index (κ1) is 16.2. The highest BCUT2D eigenvalue weighted by molar-refractivity contribution is 5.07. The van der Waals surface area contributed by atoms with Crippen molar-refractivity contribution in [1.29, 1.82) is 0 Å². The highest BCUT2D eigenvalue weighted by atomic mass is 16.5. The van der Waals surface area contributed by atoms with Gasteiger partial charge in [-0.25, -0.2) is 0 Å². The zero-order chi connectivity index (χ0) is 14.1. The maximum Gasteiger partial charge on any atom is 0.0728 e. The molecule has 1 aromatic rings. The summed E-state index contributed by atoms with van der Waals surface area (Å²) in [5.74, 6) is 0. The van der Waals surface area contributed by atoms with Gasteiger partial charge >= 0.3 is 0 Å². The summed E-state index contributed by atoms with van der Waals surface area (Å²) in [4.78, 5) is 0. The van der Waals surface area contributed by atoms with Crippen LogP contribution in [0.3, 0.4) is 0 Å². The molecule has 0 amide bonds. The quantitative estimate of drug-likeness (QED) is 0.708. The van der Waals surface area contributed by atoms with Crippen LogP contribution in [0.25, 0.3) is 0 Å². The summed E-state index contributed by atoms with van der Waals surface area (Å²) in [5, 5.41) is 7.97. The number of aryl methyl sites for hydroxylation is 1. The number of hydrogen-bond acceptors (Lipinski definition) is 3. The molecule has 0 radical (unpaired) electrons. The second-order valence-electron chi connectivity index (χ2n) is 4.87. The van der Waals surface area contributed by atoms with Crippen molar-refractivity contribution in [3.8, 4) is 0 Å². The highest BCUT2D eigenvalue weighted by Crippen LogP contribution is 2.11. The molecule has 0 aliphatic rings. The number of nitrogens with one attached hydrogen (secondary N) is 1. The van der Waals surface area contributed by atoms with Crippen LogP contribution in [-0.2, 0) is 17.7 Å². The molecule has 19 heavy (non-hydrogen) atoms. The smallest absolute Gasteiger partial charge is 0.0728 e. The molecular weight excluding hydrogens is 238 g/mol. The number of ether oxygens (including phenoxy) is 1. The van der Waals surface area contributed by atoms with Gasteiger partial charge in [0.05, 0.1) is 12.3 Å². The summed E-state index contributed by atoms with van der Waals surface area (Å²) in [5.41, 5.74) is 1.29. The minimum absolute atomic E-state index is 0.279. The molecule has 1 rings (SSSR count). The van der Waals surface area contributed by atoms with E-state index < -0.39 is 0 Å². The van der Waals surface area contributed by atoms with Crippen molar-refractivity contribution in [1.82, 2.24) is 15.1 Å². The Morgan fingerprint density at radius 1 is 1.32 bits per heavy atom. The molecule has 110 valence electrons. The van der Waals surface area contributed by atoms with Gasteiger partial charge in [0.25, 0.3) is 0 Å². The number of aromatic nitrogens is 2. The molecule has 2 unspecified atom stereocenters. The first-order valence-electron chi connectivity index (χ1n) is 7.61. The molecule has 0 fully saturated rings. The second-order valence-corrected chi connectivity index (χ2v) is 4.87. The van der Waals surface area contributed by atoms with E-state index >= 15 is 0 Å². The largest absolute Gasteiger partial charge is 0.377 e. The summed E-state index contributed by atoms with van der Waals surface area (Å²) >= 11 is 0. The zero-order valence-corrected chi connectivity index (χ0v) is 12.9. The number of rotatable bonds is 10. The van der Waals surface area contributed by atoms with Gasteiger partial charge in [-0.1, -0.05) is 13.8 Å². The Kier molecular flexibility index (Phi) is 7.75. The highest BCUT2D eigenvalue weighted by Gasteiger charge is 2.20. The maximum atomic E-state index is 5.87. The standard InChI is InChI=1S/C15H29N3O/c1-5-9-16-14(15(6-2)19-8-4)10-13-11-17-18(7-3)12-13/h11-12,14-16H,5-10H2,1-4H3. The van der Waals surface area contributed by atoms with Gasteiger partial charge in [0.1, 0.15) is 0 Å². The molecule has 0 bridgehead atoms. The molecule has 0 spiro atoms. The lowest BCUT2D eigenvalue weighted by Crippen LogP contribution is -2.43. The molecule has 1 aromatic heterocycles. The lowest BCUT2D eigenvalue weighted by Gasteiger charge is -2.27. The van der Waals surface area contributed by atoms with E-state index in [2.05, 4.69) is 44.3 Å². The van der Waals surface area contributed by atoms with Gasteiger partial charge < -0.3 is 10.1 Å². The fourth-order valence-electron chi connectivity index (χ4n) is 2.34. The maximum absolute atomic E-state index is 5.87. The molecule has 0 aliphatic heterocycles. The number of hydrogen-bond donors (Lipinski definition) is 1. The van der Waals surface area contributed by atoms with Gasteiger partial charge in [-0.2, -0.15) is 5.10 Å². The predicted octanol–water partition coefficient (Wildman–Crippen LogP) is 2.63. The van der Waals surface area contributed by atoms with Crippen molar-refractivity contribution in [2.24, 2.45) is 0 Å². The number of nitrogens with zero attached hydrogens (tertiary/aromatic N) is 2. The van der Waals surface area contributed by atoms with E-state index in [-0.39, 0.29) is 6.10 Å². The fraction of sp³-hybridized carbons (Fsp3) is 0.800. The molecular formula is C15H29N3O. The first-order chi connectivity index (χ1) is 9.24. The van der Waals surface area contributed by atoms with E-state index in [1.807, 2.05) is 10.9 Å². The van der Waals surface area contributed by atoms with E-state index in [0.717, 1.165) is 39.0 Å². The van der Waals surface area contributed by atoms with Crippen molar-refractivity contribution in [2.45, 2.75) is 65.6 Å². The molecule has 2 atom stereocenters. The Morgan fingerprint density at radius 2 is 2.11 bits per heavy atom. The van der Waals surface area contributed by atoms with Crippen LogP contribution in [-0.4, -0.2) is 35.1 Å². The molecule has 0 saturated carbocycles. The predicted molar refractivity (Wildman–Crippen MR) is 79.4 cm³/mol. The van der Waals surface area contributed by atoms with Gasteiger partial charge in [0, 0.05) is 25.4 Å². The van der Waals surface area contributed by atoms with Gasteiger partial charge in [-0.15, -0.1) is 0 Å². The molecule has 1 heterocycles. The van der Waals surface area contributed by atoms with E-state index in [1.165, 1.54) is 5.56 Å². The molecule has 0 aromatic carbocycles. The van der Waals surface area contributed by atoms with Gasteiger partial charge in [-0.3, -0.25) is 4.68 Å². The molecule has 1 N–H and O–H groups in total. The zero-order valence-electron chi connectivity index (χ0n) is 12.9. The minimum atomic E-state index is 0.279. The Bertz CT molecular complexity index is 338. The SMILES string of the molecule is CCCNC(Cc1cnn(CC)c1)C(CC)OCC. The average molecular weight is 267 g/mol. The summed E-state index contributed by atoms with van der Waals surface area (Å²) in [6.07, 6.45) is 7.56. The second kappa shape index (κ2) is 9.10. The van der Waals surface area contributed by atoms with Crippen molar-refractivity contribution in [3.63, 3.8) is 0 Å². The fourth-order valence-corrected chi connectivity index (χ4v) is 2.34. The van der Waals surface area contributed by atoms with Crippen LogP contribution in [0, 0.1) is 0 Å².